The molecule has 170 valence electrons. The van der Waals surface area contributed by atoms with Gasteiger partial charge in [0.25, 0.3) is 0 Å². The number of H-pyrrole nitrogens is 1. The Hall–Kier alpha value is -4.67. The van der Waals surface area contributed by atoms with Gasteiger partial charge in [-0.15, -0.1) is 9.50 Å². The number of hydrogen-bond donors (Lipinski definition) is 1. The predicted molar refractivity (Wildman–Crippen MR) is 120 cm³/mol. The molecule has 0 aliphatic heterocycles. The summed E-state index contributed by atoms with van der Waals surface area (Å²) in [4.78, 5) is 32.1. The van der Waals surface area contributed by atoms with Crippen molar-refractivity contribution in [3.63, 3.8) is 0 Å². The number of nitrogen functional groups attached to an aromatic ring is 1. The number of halogens is 2. The summed E-state index contributed by atoms with van der Waals surface area (Å²) in [6.45, 7) is -0.217. The Labute approximate surface area is 190 Å². The van der Waals surface area contributed by atoms with Crippen LogP contribution in [0.1, 0.15) is 5.69 Å². The maximum Gasteiger partial charge on any atom is 0.411 e. The van der Waals surface area contributed by atoms with E-state index in [2.05, 4.69) is 15.1 Å². The lowest BCUT2D eigenvalue weighted by Crippen LogP contribution is -2.28. The van der Waals surface area contributed by atoms with E-state index in [0.717, 1.165) is 9.08 Å². The van der Waals surface area contributed by atoms with Crippen molar-refractivity contribution in [3.05, 3.63) is 99.1 Å². The number of nitrogens with zero attached hydrogens (tertiary/aromatic N) is 5. The summed E-state index contributed by atoms with van der Waals surface area (Å²) in [5, 5.41) is 4.44. The largest absolute Gasteiger partial charge is 0.411 e. The van der Waals surface area contributed by atoms with Crippen LogP contribution in [0.3, 0.4) is 0 Å². The minimum atomic E-state index is -0.606. The Morgan fingerprint density at radius 1 is 1.03 bits per heavy atom. The van der Waals surface area contributed by atoms with Crippen molar-refractivity contribution in [1.29, 1.82) is 0 Å². The van der Waals surface area contributed by atoms with Crippen LogP contribution in [0, 0.1) is 11.6 Å². The molecule has 3 N–H and O–H groups in total. The average Bonchev–Trinajstić information content (AvgIpc) is 3.14. The molecule has 1 aromatic carbocycles. The first kappa shape index (κ1) is 21.2. The van der Waals surface area contributed by atoms with E-state index in [0.29, 0.717) is 22.4 Å². The Morgan fingerprint density at radius 3 is 2.47 bits per heavy atom. The number of aromatic nitrogens is 6. The molecule has 4 aromatic heterocycles. The highest BCUT2D eigenvalue weighted by Crippen LogP contribution is 2.32. The highest BCUT2D eigenvalue weighted by Gasteiger charge is 2.26. The van der Waals surface area contributed by atoms with E-state index in [1.807, 2.05) is 0 Å². The molecule has 9 nitrogen and oxygen atoms in total. The van der Waals surface area contributed by atoms with Crippen molar-refractivity contribution in [2.45, 2.75) is 6.54 Å². The zero-order valence-electron chi connectivity index (χ0n) is 17.9. The quantitative estimate of drug-likeness (QED) is 0.436. The molecule has 0 saturated heterocycles. The summed E-state index contributed by atoms with van der Waals surface area (Å²) >= 11 is 0. The number of fused-ring (bicyclic) bond motifs is 1. The van der Waals surface area contributed by atoms with Gasteiger partial charge in [-0.05, 0) is 42.5 Å². The highest BCUT2D eigenvalue weighted by molar-refractivity contribution is 5.88. The fraction of sp³-hybridized carbons (Fsp3) is 0.0870. The molecule has 0 aliphatic rings. The number of anilines is 1. The molecule has 11 heteroatoms. The molecule has 0 spiro atoms. The molecular formula is C23H18F2N7O2+. The van der Waals surface area contributed by atoms with E-state index >= 15 is 0 Å². The Kier molecular flexibility index (Phi) is 5.01. The van der Waals surface area contributed by atoms with Gasteiger partial charge >= 0.3 is 11.6 Å². The summed E-state index contributed by atoms with van der Waals surface area (Å²) in [6, 6.07) is 11.4. The van der Waals surface area contributed by atoms with Gasteiger partial charge in [0.05, 0.1) is 17.8 Å². The monoisotopic (exact) mass is 462 g/mol. The van der Waals surface area contributed by atoms with Crippen molar-refractivity contribution in [3.8, 4) is 22.4 Å². The summed E-state index contributed by atoms with van der Waals surface area (Å²) in [5.74, 6) is -1.02. The lowest BCUT2D eigenvalue weighted by Gasteiger charge is -2.10. The Balaban J connectivity index is 1.83. The third kappa shape index (κ3) is 3.52. The van der Waals surface area contributed by atoms with Crippen molar-refractivity contribution in [1.82, 2.24) is 23.7 Å². The lowest BCUT2D eigenvalue weighted by molar-refractivity contribution is -0.351. The lowest BCUT2D eigenvalue weighted by atomic mass is 10.0. The average molecular weight is 462 g/mol. The normalized spacial score (nSPS) is 11.3. The predicted octanol–water partition coefficient (Wildman–Crippen LogP) is 1.65. The minimum Gasteiger partial charge on any atom is -0.318 e. The number of aryl methyl sites for hydroxylation is 1. The van der Waals surface area contributed by atoms with Gasteiger partial charge in [0.2, 0.25) is 11.2 Å². The summed E-state index contributed by atoms with van der Waals surface area (Å²) in [7, 11) is 1.59. The van der Waals surface area contributed by atoms with Crippen LogP contribution in [-0.4, -0.2) is 23.7 Å². The standard InChI is InChI=1S/C23H17F2N7O2/c1-30-11-14(6-9-18(30)33)19-20(13-4-7-15(24)8-5-13)28-22(26)32-21(19)29-31(23(32)34)12-17-16(25)3-2-10-27-17/h2-11H,12H2,1H3,(H2,26,28)/p+1. The van der Waals surface area contributed by atoms with Crippen LogP contribution in [-0.2, 0) is 13.6 Å². The molecular weight excluding hydrogens is 444 g/mol. The number of nitrogens with two attached hydrogens (primary N) is 1. The van der Waals surface area contributed by atoms with Gasteiger partial charge in [-0.1, -0.05) is 0 Å². The van der Waals surface area contributed by atoms with Crippen molar-refractivity contribution in [2.24, 2.45) is 7.05 Å². The fourth-order valence-electron chi connectivity index (χ4n) is 3.77. The topological polar surface area (TPSA) is 114 Å². The number of benzene rings is 1. The molecule has 0 radical (unpaired) electrons. The molecule has 0 saturated carbocycles. The van der Waals surface area contributed by atoms with E-state index in [-0.39, 0.29) is 29.4 Å². The second-order valence-electron chi connectivity index (χ2n) is 7.67. The molecule has 5 rings (SSSR count). The van der Waals surface area contributed by atoms with Crippen LogP contribution in [0.25, 0.3) is 28.0 Å². The molecule has 0 bridgehead atoms. The van der Waals surface area contributed by atoms with E-state index in [9.17, 15) is 18.4 Å². The van der Waals surface area contributed by atoms with Gasteiger partial charge in [-0.25, -0.2) is 18.6 Å². The maximum absolute atomic E-state index is 14.2. The second-order valence-corrected chi connectivity index (χ2v) is 7.67. The SMILES string of the molecule is Cn1cc(-c2c(-c3ccc(F)cc3)[nH+]c(N)n3c(=O)n(Cc4ncccc4F)nc23)ccc1=O. The molecule has 34 heavy (non-hydrogen) atoms. The molecule has 0 atom stereocenters. The minimum absolute atomic E-state index is 0.0272. The molecule has 5 aromatic rings. The van der Waals surface area contributed by atoms with Crippen LogP contribution in [0.4, 0.5) is 14.7 Å². The van der Waals surface area contributed by atoms with Crippen molar-refractivity contribution >= 4 is 11.6 Å². The number of hydrogen-bond acceptors (Lipinski definition) is 5. The van der Waals surface area contributed by atoms with Crippen LogP contribution >= 0.6 is 0 Å². The van der Waals surface area contributed by atoms with Gasteiger partial charge in [0.1, 0.15) is 17.3 Å². The van der Waals surface area contributed by atoms with Crippen molar-refractivity contribution < 1.29 is 13.8 Å². The zero-order valence-corrected chi connectivity index (χ0v) is 17.9. The first-order valence-corrected chi connectivity index (χ1v) is 10.2. The summed E-state index contributed by atoms with van der Waals surface area (Å²) in [6.07, 6.45) is 3.01. The van der Waals surface area contributed by atoms with Gasteiger partial charge in [-0.3, -0.25) is 15.5 Å². The smallest absolute Gasteiger partial charge is 0.318 e. The highest BCUT2D eigenvalue weighted by atomic mass is 19.1. The zero-order chi connectivity index (χ0) is 24.0. The summed E-state index contributed by atoms with van der Waals surface area (Å²) in [5.41, 5.74) is 7.64. The van der Waals surface area contributed by atoms with E-state index < -0.39 is 17.3 Å². The van der Waals surface area contributed by atoms with Crippen LogP contribution in [0.2, 0.25) is 0 Å². The molecule has 4 heterocycles. The van der Waals surface area contributed by atoms with Crippen LogP contribution in [0.5, 0.6) is 0 Å². The Morgan fingerprint density at radius 2 is 1.76 bits per heavy atom. The number of nitrogens with one attached hydrogen (secondary N) is 1. The number of rotatable bonds is 4. The van der Waals surface area contributed by atoms with Gasteiger partial charge in [-0.2, -0.15) is 4.68 Å². The van der Waals surface area contributed by atoms with Gasteiger partial charge < -0.3 is 4.57 Å². The third-order valence-electron chi connectivity index (χ3n) is 5.45. The van der Waals surface area contributed by atoms with Gasteiger partial charge in [0, 0.05) is 36.6 Å². The van der Waals surface area contributed by atoms with Crippen LogP contribution in [0.15, 0.2) is 70.5 Å². The molecule has 0 unspecified atom stereocenters. The number of aromatic amines is 1. The van der Waals surface area contributed by atoms with E-state index in [1.165, 1.54) is 41.1 Å². The molecule has 0 fully saturated rings. The Bertz CT molecular complexity index is 1670. The second kappa shape index (κ2) is 8.03. The molecule has 0 aliphatic carbocycles. The maximum atomic E-state index is 14.2. The molecule has 0 amide bonds. The van der Waals surface area contributed by atoms with E-state index in [1.54, 1.807) is 31.4 Å². The third-order valence-corrected chi connectivity index (χ3v) is 5.45. The van der Waals surface area contributed by atoms with Gasteiger partial charge in [0.15, 0.2) is 0 Å². The number of pyridine rings is 2. The van der Waals surface area contributed by atoms with Crippen LogP contribution < -0.4 is 22.0 Å². The first-order chi connectivity index (χ1) is 16.3. The van der Waals surface area contributed by atoms with Crippen molar-refractivity contribution in [2.75, 3.05) is 5.73 Å². The fourth-order valence-corrected chi connectivity index (χ4v) is 3.77. The summed E-state index contributed by atoms with van der Waals surface area (Å²) < 4.78 is 31.4. The van der Waals surface area contributed by atoms with E-state index in [4.69, 9.17) is 5.73 Å². The first-order valence-electron chi connectivity index (χ1n) is 10.2.